The van der Waals surface area contributed by atoms with Crippen molar-refractivity contribution in [1.82, 2.24) is 19.7 Å². The lowest BCUT2D eigenvalue weighted by atomic mass is 10.2. The summed E-state index contributed by atoms with van der Waals surface area (Å²) in [5.74, 6) is 0.932. The van der Waals surface area contributed by atoms with Crippen molar-refractivity contribution in [3.63, 3.8) is 0 Å². The van der Waals surface area contributed by atoms with Crippen LogP contribution in [0.3, 0.4) is 0 Å². The third-order valence-electron chi connectivity index (χ3n) is 2.40. The standard InChI is InChI=1S/C10H15N5S/c1-3-15-10(13-6-14-15)4-8(11)9-5-12-7(2)16-9/h5-6,8H,3-4,11H2,1-2H3. The maximum absolute atomic E-state index is 6.11. The molecule has 16 heavy (non-hydrogen) atoms. The monoisotopic (exact) mass is 237 g/mol. The van der Waals surface area contributed by atoms with Crippen LogP contribution in [0.15, 0.2) is 12.5 Å². The van der Waals surface area contributed by atoms with Gasteiger partial charge in [-0.1, -0.05) is 0 Å². The lowest BCUT2D eigenvalue weighted by molar-refractivity contribution is 0.584. The summed E-state index contributed by atoms with van der Waals surface area (Å²) in [5, 5.41) is 5.17. The molecule has 1 atom stereocenters. The van der Waals surface area contributed by atoms with Crippen LogP contribution in [0.5, 0.6) is 0 Å². The van der Waals surface area contributed by atoms with Crippen molar-refractivity contribution >= 4 is 11.3 Å². The molecule has 0 aromatic carbocycles. The second-order valence-corrected chi connectivity index (χ2v) is 4.85. The van der Waals surface area contributed by atoms with E-state index < -0.39 is 0 Å². The minimum Gasteiger partial charge on any atom is -0.323 e. The van der Waals surface area contributed by atoms with Gasteiger partial charge < -0.3 is 5.73 Å². The molecule has 2 rings (SSSR count). The second kappa shape index (κ2) is 4.71. The summed E-state index contributed by atoms with van der Waals surface area (Å²) in [6, 6.07) is -0.0410. The fourth-order valence-electron chi connectivity index (χ4n) is 1.56. The van der Waals surface area contributed by atoms with E-state index in [-0.39, 0.29) is 6.04 Å². The van der Waals surface area contributed by atoms with Crippen molar-refractivity contribution in [2.24, 2.45) is 5.73 Å². The van der Waals surface area contributed by atoms with Crippen molar-refractivity contribution in [3.8, 4) is 0 Å². The highest BCUT2D eigenvalue weighted by molar-refractivity contribution is 7.11. The van der Waals surface area contributed by atoms with E-state index in [0.717, 1.165) is 22.3 Å². The van der Waals surface area contributed by atoms with E-state index in [0.29, 0.717) is 6.42 Å². The molecule has 0 fully saturated rings. The largest absolute Gasteiger partial charge is 0.323 e. The number of aromatic nitrogens is 4. The van der Waals surface area contributed by atoms with Crippen LogP contribution in [-0.4, -0.2) is 19.7 Å². The van der Waals surface area contributed by atoms with Gasteiger partial charge in [-0.25, -0.2) is 9.97 Å². The zero-order valence-corrected chi connectivity index (χ0v) is 10.2. The first-order valence-electron chi connectivity index (χ1n) is 5.25. The highest BCUT2D eigenvalue weighted by Gasteiger charge is 2.13. The lowest BCUT2D eigenvalue weighted by Gasteiger charge is -2.08. The summed E-state index contributed by atoms with van der Waals surface area (Å²) in [6.07, 6.45) is 4.12. The fourth-order valence-corrected chi connectivity index (χ4v) is 2.34. The topological polar surface area (TPSA) is 69.6 Å². The van der Waals surface area contributed by atoms with Crippen LogP contribution in [0.25, 0.3) is 0 Å². The summed E-state index contributed by atoms with van der Waals surface area (Å²) >= 11 is 1.64. The molecule has 0 radical (unpaired) electrons. The Morgan fingerprint density at radius 2 is 2.31 bits per heavy atom. The molecule has 2 heterocycles. The van der Waals surface area contributed by atoms with Gasteiger partial charge in [0.1, 0.15) is 12.2 Å². The SMILES string of the molecule is CCn1ncnc1CC(N)c1cnc(C)s1. The number of nitrogens with zero attached hydrogens (tertiary/aromatic N) is 4. The van der Waals surface area contributed by atoms with Crippen molar-refractivity contribution in [3.05, 3.63) is 28.2 Å². The van der Waals surface area contributed by atoms with Gasteiger partial charge in [-0.3, -0.25) is 4.68 Å². The normalized spacial score (nSPS) is 12.9. The van der Waals surface area contributed by atoms with Crippen molar-refractivity contribution in [2.45, 2.75) is 32.9 Å². The molecule has 5 nitrogen and oxygen atoms in total. The smallest absolute Gasteiger partial charge is 0.138 e. The van der Waals surface area contributed by atoms with E-state index in [2.05, 4.69) is 15.1 Å². The maximum Gasteiger partial charge on any atom is 0.138 e. The van der Waals surface area contributed by atoms with E-state index in [4.69, 9.17) is 5.73 Å². The molecule has 0 spiro atoms. The highest BCUT2D eigenvalue weighted by atomic mass is 32.1. The molecule has 2 aromatic heterocycles. The van der Waals surface area contributed by atoms with Crippen LogP contribution < -0.4 is 5.73 Å². The minimum atomic E-state index is -0.0410. The van der Waals surface area contributed by atoms with E-state index >= 15 is 0 Å². The number of nitrogens with two attached hydrogens (primary N) is 1. The molecule has 2 N–H and O–H groups in total. The minimum absolute atomic E-state index is 0.0410. The predicted octanol–water partition coefficient (Wildman–Crippen LogP) is 1.31. The third-order valence-corrected chi connectivity index (χ3v) is 3.45. The van der Waals surface area contributed by atoms with Gasteiger partial charge in [0.05, 0.1) is 5.01 Å². The first kappa shape index (κ1) is 11.2. The van der Waals surface area contributed by atoms with Crippen LogP contribution in [0.2, 0.25) is 0 Å². The molecule has 0 saturated heterocycles. The van der Waals surface area contributed by atoms with Gasteiger partial charge in [-0.15, -0.1) is 11.3 Å². The summed E-state index contributed by atoms with van der Waals surface area (Å²) in [7, 11) is 0. The highest BCUT2D eigenvalue weighted by Crippen LogP contribution is 2.21. The Balaban J connectivity index is 2.10. The Morgan fingerprint density at radius 1 is 1.50 bits per heavy atom. The molecule has 86 valence electrons. The molecule has 2 aromatic rings. The quantitative estimate of drug-likeness (QED) is 0.870. The van der Waals surface area contributed by atoms with Crippen LogP contribution in [0.4, 0.5) is 0 Å². The molecule has 0 aliphatic rings. The van der Waals surface area contributed by atoms with Crippen molar-refractivity contribution < 1.29 is 0 Å². The fraction of sp³-hybridized carbons (Fsp3) is 0.500. The Kier molecular flexibility index (Phi) is 3.31. The average Bonchev–Trinajstić information content (AvgIpc) is 2.86. The van der Waals surface area contributed by atoms with E-state index in [9.17, 15) is 0 Å². The van der Waals surface area contributed by atoms with Gasteiger partial charge in [0.15, 0.2) is 0 Å². The molecule has 0 bridgehead atoms. The van der Waals surface area contributed by atoms with Gasteiger partial charge in [-0.05, 0) is 13.8 Å². The number of hydrogen-bond donors (Lipinski definition) is 1. The molecule has 6 heteroatoms. The van der Waals surface area contributed by atoms with Crippen LogP contribution in [0, 0.1) is 6.92 Å². The van der Waals surface area contributed by atoms with Gasteiger partial charge in [0.2, 0.25) is 0 Å². The zero-order chi connectivity index (χ0) is 11.5. The number of hydrogen-bond acceptors (Lipinski definition) is 5. The van der Waals surface area contributed by atoms with E-state index in [1.54, 1.807) is 17.7 Å². The van der Waals surface area contributed by atoms with Crippen LogP contribution >= 0.6 is 11.3 Å². The first-order valence-corrected chi connectivity index (χ1v) is 6.07. The van der Waals surface area contributed by atoms with Gasteiger partial charge in [0.25, 0.3) is 0 Å². The Bertz CT molecular complexity index is 461. The Hall–Kier alpha value is -1.27. The van der Waals surface area contributed by atoms with Gasteiger partial charge in [0, 0.05) is 30.1 Å². The summed E-state index contributed by atoms with van der Waals surface area (Å²) < 4.78 is 1.87. The van der Waals surface area contributed by atoms with Gasteiger partial charge in [-0.2, -0.15) is 5.10 Å². The van der Waals surface area contributed by atoms with E-state index in [1.807, 2.05) is 24.7 Å². The first-order chi connectivity index (χ1) is 7.70. The van der Waals surface area contributed by atoms with Crippen LogP contribution in [-0.2, 0) is 13.0 Å². The molecule has 0 aliphatic carbocycles. The summed E-state index contributed by atoms with van der Waals surface area (Å²) in [5.41, 5.74) is 6.11. The summed E-state index contributed by atoms with van der Waals surface area (Å²) in [6.45, 7) is 4.85. The lowest BCUT2D eigenvalue weighted by Crippen LogP contribution is -2.15. The van der Waals surface area contributed by atoms with Crippen LogP contribution in [0.1, 0.15) is 28.7 Å². The average molecular weight is 237 g/mol. The second-order valence-electron chi connectivity index (χ2n) is 3.58. The number of thiazole rings is 1. The molecule has 0 amide bonds. The number of rotatable bonds is 4. The van der Waals surface area contributed by atoms with E-state index in [1.165, 1.54) is 0 Å². The molecular formula is C10H15N5S. The molecule has 0 saturated carbocycles. The third kappa shape index (κ3) is 2.28. The zero-order valence-electron chi connectivity index (χ0n) is 9.42. The number of aryl methyl sites for hydroxylation is 2. The molecule has 0 aliphatic heterocycles. The molecular weight excluding hydrogens is 222 g/mol. The summed E-state index contributed by atoms with van der Waals surface area (Å²) in [4.78, 5) is 9.52. The Labute approximate surface area is 98.3 Å². The van der Waals surface area contributed by atoms with Crippen molar-refractivity contribution in [1.29, 1.82) is 0 Å². The molecule has 1 unspecified atom stereocenters. The predicted molar refractivity (Wildman–Crippen MR) is 63.2 cm³/mol. The Morgan fingerprint density at radius 3 is 2.94 bits per heavy atom. The van der Waals surface area contributed by atoms with Crippen molar-refractivity contribution in [2.75, 3.05) is 0 Å². The van der Waals surface area contributed by atoms with Gasteiger partial charge >= 0.3 is 0 Å². The maximum atomic E-state index is 6.11.